The van der Waals surface area contributed by atoms with Crippen molar-refractivity contribution in [2.45, 2.75) is 13.8 Å². The zero-order valence-electron chi connectivity index (χ0n) is 7.60. The molecule has 0 amide bonds. The Morgan fingerprint density at radius 1 is 0.714 bits per heavy atom. The molecule has 12 heteroatoms. The molecule has 11 N–H and O–H groups in total. The molecule has 0 aliphatic rings. The third kappa shape index (κ3) is 76900. The molecule has 0 atom stereocenters. The third-order valence-corrected chi connectivity index (χ3v) is 0. The molecule has 0 saturated carbocycles. The average Bonchev–Trinajstić information content (AvgIpc) is 1.59. The molecule has 0 aromatic heterocycles. The van der Waals surface area contributed by atoms with Gasteiger partial charge in [-0.05, 0) is 0 Å². The Morgan fingerprint density at radius 2 is 0.714 bits per heavy atom. The van der Waals surface area contributed by atoms with Crippen LogP contribution in [0.5, 0.6) is 0 Å². The molecule has 0 bridgehead atoms. The monoisotopic (exact) mass is 261 g/mol. The molecule has 0 aromatic rings. The van der Waals surface area contributed by atoms with Crippen LogP contribution in [0.25, 0.3) is 0 Å². The zero-order chi connectivity index (χ0) is 11.0. The minimum Gasteiger partial charge on any atom is -0.412 e. The highest BCUT2D eigenvalue weighted by atomic mass is 31.2. The molecule has 0 saturated heterocycles. The van der Waals surface area contributed by atoms with Crippen molar-refractivity contribution in [3.8, 4) is 0 Å². The van der Waals surface area contributed by atoms with Crippen molar-refractivity contribution in [3.05, 3.63) is 0 Å². The molecule has 0 radical (unpaired) electrons. The summed E-state index contributed by atoms with van der Waals surface area (Å²) >= 11 is 0. The summed E-state index contributed by atoms with van der Waals surface area (Å²) < 4.78 is 17.8. The lowest BCUT2D eigenvalue weighted by Crippen LogP contribution is -1.66. The number of rotatable bonds is 0. The SMILES string of the molecule is CC.N.O.O=P(O)(O)O.O=P(O)(O)O. The second-order valence-corrected chi connectivity index (χ2v) is 3.08. The topological polar surface area (TPSA) is 222 Å². The summed E-state index contributed by atoms with van der Waals surface area (Å²) in [6.45, 7) is 4.00. The van der Waals surface area contributed by atoms with Gasteiger partial charge in [0.15, 0.2) is 0 Å². The van der Waals surface area contributed by atoms with Crippen LogP contribution in [0.4, 0.5) is 0 Å². The number of phosphoric acid groups is 2. The third-order valence-electron chi connectivity index (χ3n) is 0. The van der Waals surface area contributed by atoms with Gasteiger partial charge in [0, 0.05) is 0 Å². The largest absolute Gasteiger partial charge is 0.466 e. The van der Waals surface area contributed by atoms with Crippen LogP contribution < -0.4 is 6.15 Å². The van der Waals surface area contributed by atoms with E-state index in [2.05, 4.69) is 0 Å². The van der Waals surface area contributed by atoms with Crippen molar-refractivity contribution in [2.75, 3.05) is 0 Å². The fourth-order valence-corrected chi connectivity index (χ4v) is 0. The quantitative estimate of drug-likeness (QED) is 0.251. The van der Waals surface area contributed by atoms with Crippen molar-refractivity contribution in [1.29, 1.82) is 0 Å². The zero-order valence-corrected chi connectivity index (χ0v) is 9.39. The van der Waals surface area contributed by atoms with E-state index in [1.165, 1.54) is 0 Å². The Bertz CT molecular complexity index is 133. The Morgan fingerprint density at radius 3 is 0.714 bits per heavy atom. The van der Waals surface area contributed by atoms with E-state index in [4.69, 9.17) is 38.5 Å². The van der Waals surface area contributed by atoms with Gasteiger partial charge in [0.25, 0.3) is 0 Å². The molecule has 0 rings (SSSR count). The minimum absolute atomic E-state index is 0. The lowest BCUT2D eigenvalue weighted by atomic mass is 11.0. The van der Waals surface area contributed by atoms with Crippen molar-refractivity contribution in [2.24, 2.45) is 0 Å². The van der Waals surface area contributed by atoms with Gasteiger partial charge in [-0.1, -0.05) is 13.8 Å². The summed E-state index contributed by atoms with van der Waals surface area (Å²) in [7, 11) is -9.28. The molecule has 94 valence electrons. The summed E-state index contributed by atoms with van der Waals surface area (Å²) in [6.07, 6.45) is 0. The van der Waals surface area contributed by atoms with Crippen molar-refractivity contribution in [1.82, 2.24) is 6.15 Å². The molecule has 0 unspecified atom stereocenters. The van der Waals surface area contributed by atoms with Crippen LogP contribution in [0.1, 0.15) is 13.8 Å². The first-order valence-corrected chi connectivity index (χ1v) is 5.70. The first kappa shape index (κ1) is 29.2. The minimum atomic E-state index is -4.64. The maximum absolute atomic E-state index is 8.88. The van der Waals surface area contributed by atoms with Crippen LogP contribution in [0.3, 0.4) is 0 Å². The van der Waals surface area contributed by atoms with Gasteiger partial charge in [-0.2, -0.15) is 0 Å². The number of hydrogen-bond acceptors (Lipinski definition) is 3. The second kappa shape index (κ2) is 13.1. The standard InChI is InChI=1S/C2H6.H3N.2H3O4P.H2O/c1-2;;2*1-5(2,3)4;/h1-2H3;1H3;2*(H3,1,2,3,4);1H2. The first-order valence-electron chi connectivity index (χ1n) is 2.57. The Kier molecular flexibility index (Phi) is 27.4. The summed E-state index contributed by atoms with van der Waals surface area (Å²) in [6, 6.07) is 0. The van der Waals surface area contributed by atoms with Gasteiger partial charge in [-0.25, -0.2) is 9.13 Å². The van der Waals surface area contributed by atoms with Crippen LogP contribution >= 0.6 is 15.6 Å². The van der Waals surface area contributed by atoms with Crippen LogP contribution in [0.2, 0.25) is 0 Å². The van der Waals surface area contributed by atoms with Gasteiger partial charge >= 0.3 is 15.6 Å². The van der Waals surface area contributed by atoms with E-state index in [0.29, 0.717) is 0 Å². The lowest BCUT2D eigenvalue weighted by molar-refractivity contribution is 0.272. The molecule has 0 heterocycles. The van der Waals surface area contributed by atoms with Gasteiger partial charge < -0.3 is 41.0 Å². The molecular weight excluding hydrogens is 244 g/mol. The molecule has 10 nitrogen and oxygen atoms in total. The molecular formula is C2H17NO9P2. The van der Waals surface area contributed by atoms with E-state index in [-0.39, 0.29) is 11.6 Å². The lowest BCUT2D eigenvalue weighted by Gasteiger charge is -1.82. The molecule has 0 aromatic carbocycles. The maximum atomic E-state index is 8.88. The fourth-order valence-electron chi connectivity index (χ4n) is 0. The normalized spacial score (nSPS) is 8.86. The van der Waals surface area contributed by atoms with Gasteiger partial charge in [0.2, 0.25) is 0 Å². The molecule has 0 aliphatic heterocycles. The van der Waals surface area contributed by atoms with E-state index in [1.807, 2.05) is 13.8 Å². The average molecular weight is 261 g/mol. The van der Waals surface area contributed by atoms with Crippen LogP contribution in [0, 0.1) is 0 Å². The Labute approximate surface area is 80.6 Å². The summed E-state index contributed by atoms with van der Waals surface area (Å²) in [5.41, 5.74) is 0. The molecule has 14 heavy (non-hydrogen) atoms. The summed E-state index contributed by atoms with van der Waals surface area (Å²) in [5.74, 6) is 0. The predicted molar refractivity (Wildman–Crippen MR) is 48.5 cm³/mol. The second-order valence-electron chi connectivity index (χ2n) is 1.03. The van der Waals surface area contributed by atoms with Crippen molar-refractivity contribution >= 4 is 15.6 Å². The smallest absolute Gasteiger partial charge is 0.412 e. The van der Waals surface area contributed by atoms with Gasteiger partial charge in [-0.3, -0.25) is 0 Å². The van der Waals surface area contributed by atoms with E-state index in [1.54, 1.807) is 0 Å². The van der Waals surface area contributed by atoms with Crippen molar-refractivity contribution in [3.63, 3.8) is 0 Å². The summed E-state index contributed by atoms with van der Waals surface area (Å²) in [5, 5.41) is 0. The Hall–Kier alpha value is 0.140. The van der Waals surface area contributed by atoms with E-state index >= 15 is 0 Å². The number of hydrogen-bond donors (Lipinski definition) is 7. The van der Waals surface area contributed by atoms with E-state index in [0.717, 1.165) is 0 Å². The highest BCUT2D eigenvalue weighted by molar-refractivity contribution is 7.45. The van der Waals surface area contributed by atoms with Gasteiger partial charge in [0.1, 0.15) is 0 Å². The van der Waals surface area contributed by atoms with Gasteiger partial charge in [-0.15, -0.1) is 0 Å². The predicted octanol–water partition coefficient (Wildman–Crippen LogP) is -1.49. The highest BCUT2D eigenvalue weighted by Gasteiger charge is 2.00. The van der Waals surface area contributed by atoms with Gasteiger partial charge in [0.05, 0.1) is 0 Å². The first-order chi connectivity index (χ1) is 5.00. The van der Waals surface area contributed by atoms with Crippen LogP contribution in [-0.2, 0) is 9.13 Å². The van der Waals surface area contributed by atoms with E-state index in [9.17, 15) is 0 Å². The fraction of sp³-hybridized carbons (Fsp3) is 1.00. The summed E-state index contributed by atoms with van der Waals surface area (Å²) in [4.78, 5) is 43.1. The highest BCUT2D eigenvalue weighted by Crippen LogP contribution is 2.26. The maximum Gasteiger partial charge on any atom is 0.466 e. The Balaban J connectivity index is -0.0000000292. The molecule has 0 spiro atoms. The van der Waals surface area contributed by atoms with E-state index < -0.39 is 15.6 Å². The molecule has 0 aliphatic carbocycles. The van der Waals surface area contributed by atoms with Crippen molar-refractivity contribution < 1.29 is 44.0 Å². The molecule has 0 fully saturated rings. The van der Waals surface area contributed by atoms with Crippen LogP contribution in [0.15, 0.2) is 0 Å². The van der Waals surface area contributed by atoms with Crippen LogP contribution in [-0.4, -0.2) is 34.8 Å².